The molecular formula is C15H12ClN3O2. The van der Waals surface area contributed by atoms with Gasteiger partial charge in [-0.2, -0.15) is 0 Å². The minimum absolute atomic E-state index is 0.438. The molecule has 0 spiro atoms. The molecule has 5 nitrogen and oxygen atoms in total. The van der Waals surface area contributed by atoms with E-state index in [0.717, 1.165) is 11.0 Å². The van der Waals surface area contributed by atoms with Crippen LogP contribution in [0.4, 0.5) is 10.5 Å². The lowest BCUT2D eigenvalue weighted by Gasteiger charge is -2.06. The molecule has 2 aromatic carbocycles. The second kappa shape index (κ2) is 5.46. The number of fused-ring (bicyclic) bond motifs is 1. The van der Waals surface area contributed by atoms with E-state index in [4.69, 9.17) is 16.3 Å². The molecule has 106 valence electrons. The van der Waals surface area contributed by atoms with Gasteiger partial charge in [-0.15, -0.1) is 0 Å². The first kappa shape index (κ1) is 13.5. The number of aromatic nitrogens is 2. The fraction of sp³-hybridized carbons (Fsp3) is 0.0667. The molecule has 0 aliphatic heterocycles. The van der Waals surface area contributed by atoms with Gasteiger partial charge in [0.1, 0.15) is 5.75 Å². The molecule has 0 fully saturated rings. The number of imidazole rings is 1. The van der Waals surface area contributed by atoms with Crippen molar-refractivity contribution in [3.63, 3.8) is 0 Å². The second-order valence-electron chi connectivity index (χ2n) is 4.53. The summed E-state index contributed by atoms with van der Waals surface area (Å²) in [6.45, 7) is 0. The number of hydrogen-bond acceptors (Lipinski definition) is 3. The molecule has 1 amide bonds. The number of carbonyl (C=O) groups is 1. The van der Waals surface area contributed by atoms with E-state index in [0.29, 0.717) is 16.5 Å². The van der Waals surface area contributed by atoms with Gasteiger partial charge in [-0.05, 0) is 36.4 Å². The molecule has 0 aliphatic carbocycles. The topological polar surface area (TPSA) is 56.2 Å². The molecule has 0 saturated heterocycles. The summed E-state index contributed by atoms with van der Waals surface area (Å²) in [5.41, 5.74) is 2.36. The zero-order valence-corrected chi connectivity index (χ0v) is 12.0. The van der Waals surface area contributed by atoms with Crippen molar-refractivity contribution in [2.24, 2.45) is 7.05 Å². The number of ether oxygens (including phenoxy) is 1. The molecule has 6 heteroatoms. The fourth-order valence-corrected chi connectivity index (χ4v) is 2.09. The van der Waals surface area contributed by atoms with Gasteiger partial charge in [0.2, 0.25) is 0 Å². The van der Waals surface area contributed by atoms with Gasteiger partial charge in [0.25, 0.3) is 0 Å². The third kappa shape index (κ3) is 2.98. The van der Waals surface area contributed by atoms with Crippen LogP contribution in [-0.2, 0) is 7.05 Å². The van der Waals surface area contributed by atoms with E-state index >= 15 is 0 Å². The zero-order chi connectivity index (χ0) is 14.8. The Morgan fingerprint density at radius 2 is 2.00 bits per heavy atom. The number of amides is 1. The van der Waals surface area contributed by atoms with Crippen LogP contribution in [0.2, 0.25) is 5.02 Å². The molecule has 3 rings (SSSR count). The van der Waals surface area contributed by atoms with Crippen molar-refractivity contribution >= 4 is 34.4 Å². The van der Waals surface area contributed by atoms with Gasteiger partial charge in [0, 0.05) is 23.8 Å². The third-order valence-corrected chi connectivity index (χ3v) is 3.25. The molecule has 1 heterocycles. The molecule has 0 saturated carbocycles. The summed E-state index contributed by atoms with van der Waals surface area (Å²) < 4.78 is 7.13. The van der Waals surface area contributed by atoms with Gasteiger partial charge in [-0.25, -0.2) is 9.78 Å². The summed E-state index contributed by atoms with van der Waals surface area (Å²) in [5.74, 6) is 0.438. The van der Waals surface area contributed by atoms with Crippen molar-refractivity contribution in [2.45, 2.75) is 0 Å². The van der Waals surface area contributed by atoms with Crippen molar-refractivity contribution < 1.29 is 9.53 Å². The molecule has 1 aromatic heterocycles. The number of aryl methyl sites for hydroxylation is 1. The van der Waals surface area contributed by atoms with Gasteiger partial charge >= 0.3 is 6.09 Å². The molecule has 0 radical (unpaired) electrons. The molecule has 0 atom stereocenters. The van der Waals surface area contributed by atoms with E-state index in [1.807, 2.05) is 17.7 Å². The number of nitrogens with zero attached hydrogens (tertiary/aromatic N) is 2. The molecule has 1 N–H and O–H groups in total. The minimum Gasteiger partial charge on any atom is -0.410 e. The van der Waals surface area contributed by atoms with Gasteiger partial charge in [0.15, 0.2) is 0 Å². The first-order valence-electron chi connectivity index (χ1n) is 6.27. The predicted molar refractivity (Wildman–Crippen MR) is 81.8 cm³/mol. The van der Waals surface area contributed by atoms with Gasteiger partial charge < -0.3 is 9.30 Å². The SMILES string of the molecule is Cn1cnc2cc(OC(=O)Nc3ccc(Cl)cc3)ccc21. The highest BCUT2D eigenvalue weighted by Gasteiger charge is 2.07. The smallest absolute Gasteiger partial charge is 0.410 e. The Morgan fingerprint density at radius 3 is 2.76 bits per heavy atom. The van der Waals surface area contributed by atoms with Crippen LogP contribution < -0.4 is 10.1 Å². The minimum atomic E-state index is -0.562. The van der Waals surface area contributed by atoms with Crippen LogP contribution >= 0.6 is 11.6 Å². The van der Waals surface area contributed by atoms with Gasteiger partial charge in [0.05, 0.1) is 17.4 Å². The van der Waals surface area contributed by atoms with Crippen LogP contribution in [0.25, 0.3) is 11.0 Å². The van der Waals surface area contributed by atoms with Crippen LogP contribution in [0, 0.1) is 0 Å². The lowest BCUT2D eigenvalue weighted by molar-refractivity contribution is 0.215. The van der Waals surface area contributed by atoms with Crippen LogP contribution in [0.3, 0.4) is 0 Å². The van der Waals surface area contributed by atoms with E-state index in [2.05, 4.69) is 10.3 Å². The Balaban J connectivity index is 1.72. The summed E-state index contributed by atoms with van der Waals surface area (Å²) in [5, 5.41) is 3.23. The maximum Gasteiger partial charge on any atom is 0.417 e. The number of carbonyl (C=O) groups excluding carboxylic acids is 1. The summed E-state index contributed by atoms with van der Waals surface area (Å²) in [4.78, 5) is 16.0. The number of nitrogens with one attached hydrogen (secondary N) is 1. The van der Waals surface area contributed by atoms with Crippen LogP contribution in [0.5, 0.6) is 5.75 Å². The normalized spacial score (nSPS) is 10.6. The molecule has 3 aromatic rings. The van der Waals surface area contributed by atoms with E-state index in [1.54, 1.807) is 42.7 Å². The van der Waals surface area contributed by atoms with Crippen molar-refractivity contribution in [1.82, 2.24) is 9.55 Å². The Hall–Kier alpha value is -2.53. The molecule has 21 heavy (non-hydrogen) atoms. The quantitative estimate of drug-likeness (QED) is 0.782. The van der Waals surface area contributed by atoms with Crippen LogP contribution in [0.1, 0.15) is 0 Å². The predicted octanol–water partition coefficient (Wildman–Crippen LogP) is 3.84. The van der Waals surface area contributed by atoms with Crippen molar-refractivity contribution in [3.8, 4) is 5.75 Å². The number of hydrogen-bond donors (Lipinski definition) is 1. The Labute approximate surface area is 126 Å². The summed E-state index contributed by atoms with van der Waals surface area (Å²) >= 11 is 5.78. The maximum atomic E-state index is 11.8. The van der Waals surface area contributed by atoms with Crippen molar-refractivity contribution in [3.05, 3.63) is 53.8 Å². The standard InChI is InChI=1S/C15H12ClN3O2/c1-19-9-17-13-8-12(6-7-14(13)19)21-15(20)18-11-4-2-10(16)3-5-11/h2-9H,1H3,(H,18,20). The largest absolute Gasteiger partial charge is 0.417 e. The van der Waals surface area contributed by atoms with Crippen molar-refractivity contribution in [1.29, 1.82) is 0 Å². The van der Waals surface area contributed by atoms with E-state index in [9.17, 15) is 4.79 Å². The number of halogens is 1. The fourth-order valence-electron chi connectivity index (χ4n) is 1.96. The van der Waals surface area contributed by atoms with E-state index < -0.39 is 6.09 Å². The summed E-state index contributed by atoms with van der Waals surface area (Å²) in [7, 11) is 1.91. The Bertz CT molecular complexity index is 796. The monoisotopic (exact) mass is 301 g/mol. The van der Waals surface area contributed by atoms with Crippen LogP contribution in [0.15, 0.2) is 48.8 Å². The highest BCUT2D eigenvalue weighted by molar-refractivity contribution is 6.30. The second-order valence-corrected chi connectivity index (χ2v) is 4.96. The van der Waals surface area contributed by atoms with E-state index in [1.165, 1.54) is 0 Å². The summed E-state index contributed by atoms with van der Waals surface area (Å²) in [6, 6.07) is 12.1. The third-order valence-electron chi connectivity index (χ3n) is 3.00. The average Bonchev–Trinajstić information content (AvgIpc) is 2.82. The maximum absolute atomic E-state index is 11.8. The molecular weight excluding hydrogens is 290 g/mol. The Morgan fingerprint density at radius 1 is 1.24 bits per heavy atom. The summed E-state index contributed by atoms with van der Waals surface area (Å²) in [6.07, 6.45) is 1.15. The van der Waals surface area contributed by atoms with Gasteiger partial charge in [-0.3, -0.25) is 5.32 Å². The first-order chi connectivity index (χ1) is 10.1. The zero-order valence-electron chi connectivity index (χ0n) is 11.2. The Kier molecular flexibility index (Phi) is 3.50. The highest BCUT2D eigenvalue weighted by Crippen LogP contribution is 2.20. The average molecular weight is 302 g/mol. The molecule has 0 bridgehead atoms. The molecule has 0 aliphatic rings. The lowest BCUT2D eigenvalue weighted by Crippen LogP contribution is -2.16. The number of rotatable bonds is 2. The van der Waals surface area contributed by atoms with Gasteiger partial charge in [-0.1, -0.05) is 11.6 Å². The number of anilines is 1. The highest BCUT2D eigenvalue weighted by atomic mass is 35.5. The van der Waals surface area contributed by atoms with E-state index in [-0.39, 0.29) is 0 Å². The number of benzene rings is 2. The van der Waals surface area contributed by atoms with Crippen LogP contribution in [-0.4, -0.2) is 15.6 Å². The van der Waals surface area contributed by atoms with Crippen molar-refractivity contribution in [2.75, 3.05) is 5.32 Å². The molecule has 0 unspecified atom stereocenters. The lowest BCUT2D eigenvalue weighted by atomic mass is 10.3. The first-order valence-corrected chi connectivity index (χ1v) is 6.65.